The Kier molecular flexibility index (Phi) is 17.4. The zero-order chi connectivity index (χ0) is 32.5. The molecule has 1 aliphatic carbocycles. The molecule has 0 saturated carbocycles. The number of carbonyl (C=O) groups excluding carboxylic acids is 2. The summed E-state index contributed by atoms with van der Waals surface area (Å²) < 4.78 is 5.45. The maximum absolute atomic E-state index is 14.1. The van der Waals surface area contributed by atoms with Gasteiger partial charge in [0, 0.05) is 6.54 Å². The first-order valence-corrected chi connectivity index (χ1v) is 16.7. The van der Waals surface area contributed by atoms with Crippen LogP contribution in [0.5, 0.6) is 0 Å². The summed E-state index contributed by atoms with van der Waals surface area (Å²) in [4.78, 5) is 40.9. The van der Waals surface area contributed by atoms with Gasteiger partial charge in [-0.15, -0.1) is 6.58 Å². The highest BCUT2D eigenvalue weighted by Gasteiger charge is 2.40. The lowest BCUT2D eigenvalue weighted by atomic mass is 9.85. The summed E-state index contributed by atoms with van der Waals surface area (Å²) in [6, 6.07) is -1.93. The van der Waals surface area contributed by atoms with Gasteiger partial charge < -0.3 is 20.1 Å². The largest absolute Gasteiger partial charge is 0.480 e. The summed E-state index contributed by atoms with van der Waals surface area (Å²) >= 11 is 1.72. The van der Waals surface area contributed by atoms with Crippen molar-refractivity contribution in [2.24, 2.45) is 11.3 Å². The highest BCUT2D eigenvalue weighted by atomic mass is 32.2. The molecule has 0 bridgehead atoms. The molecular formula is C35H56N2O5S. The van der Waals surface area contributed by atoms with Crippen LogP contribution in [0.25, 0.3) is 0 Å². The van der Waals surface area contributed by atoms with Crippen LogP contribution < -0.4 is 5.32 Å². The van der Waals surface area contributed by atoms with Crippen LogP contribution in [0.4, 0.5) is 4.79 Å². The first kappa shape index (κ1) is 38.3. The quantitative estimate of drug-likeness (QED) is 0.0918. The molecule has 0 aromatic carbocycles. The van der Waals surface area contributed by atoms with Crippen LogP contribution in [0.15, 0.2) is 60.8 Å². The lowest BCUT2D eigenvalue weighted by Gasteiger charge is -2.38. The number of ether oxygens (including phenoxy) is 1. The number of aliphatic carboxylic acids is 1. The molecule has 2 amide bonds. The maximum atomic E-state index is 14.1. The minimum atomic E-state index is -1.02. The topological polar surface area (TPSA) is 95.9 Å². The zero-order valence-corrected chi connectivity index (χ0v) is 28.4. The lowest BCUT2D eigenvalue weighted by molar-refractivity contribution is -0.152. The molecule has 1 rings (SSSR count). The predicted molar refractivity (Wildman–Crippen MR) is 180 cm³/mol. The van der Waals surface area contributed by atoms with Crippen molar-refractivity contribution in [3.63, 3.8) is 0 Å². The fraction of sp³-hybridized carbons (Fsp3) is 0.629. The molecule has 8 heteroatoms. The molecule has 0 fully saturated rings. The number of carboxylic acid groups (broad SMARTS) is 1. The minimum absolute atomic E-state index is 0.191. The van der Waals surface area contributed by atoms with E-state index in [4.69, 9.17) is 4.74 Å². The predicted octanol–water partition coefficient (Wildman–Crippen LogP) is 8.10. The molecule has 0 radical (unpaired) electrons. The van der Waals surface area contributed by atoms with E-state index in [0.717, 1.165) is 37.9 Å². The van der Waals surface area contributed by atoms with Gasteiger partial charge in [-0.05, 0) is 87.7 Å². The third-order valence-corrected chi connectivity index (χ3v) is 8.04. The molecule has 0 heterocycles. The van der Waals surface area contributed by atoms with Crippen molar-refractivity contribution in [3.05, 3.63) is 60.8 Å². The molecular weight excluding hydrogens is 560 g/mol. The van der Waals surface area contributed by atoms with E-state index in [2.05, 4.69) is 49.2 Å². The molecule has 0 spiro atoms. The van der Waals surface area contributed by atoms with Gasteiger partial charge >= 0.3 is 12.1 Å². The third kappa shape index (κ3) is 16.1. The zero-order valence-electron chi connectivity index (χ0n) is 27.6. The number of amides is 2. The Labute approximate surface area is 265 Å². The van der Waals surface area contributed by atoms with Crippen molar-refractivity contribution in [3.8, 4) is 0 Å². The van der Waals surface area contributed by atoms with E-state index in [1.165, 1.54) is 10.5 Å². The number of hydrogen-bond acceptors (Lipinski definition) is 5. The molecule has 3 atom stereocenters. The van der Waals surface area contributed by atoms with E-state index in [-0.39, 0.29) is 12.5 Å². The smallest absolute Gasteiger partial charge is 0.408 e. The van der Waals surface area contributed by atoms with Crippen LogP contribution >= 0.6 is 11.8 Å². The molecule has 2 N–H and O–H groups in total. The number of rotatable bonds is 18. The lowest BCUT2D eigenvalue weighted by Crippen LogP contribution is -2.59. The number of carboxylic acids is 1. The minimum Gasteiger partial charge on any atom is -0.480 e. The molecule has 7 nitrogen and oxygen atoms in total. The van der Waals surface area contributed by atoms with E-state index in [9.17, 15) is 19.5 Å². The van der Waals surface area contributed by atoms with Crippen LogP contribution in [0.3, 0.4) is 0 Å². The summed E-state index contributed by atoms with van der Waals surface area (Å²) in [6.07, 6.45) is 21.6. The first-order chi connectivity index (χ1) is 20.2. The maximum Gasteiger partial charge on any atom is 0.408 e. The number of allylic oxidation sites excluding steroid dienone is 9. The van der Waals surface area contributed by atoms with Gasteiger partial charge in [-0.25, -0.2) is 9.59 Å². The normalized spacial score (nSPS) is 17.0. The number of thioether (sulfide) groups is 1. The fourth-order valence-corrected chi connectivity index (χ4v) is 5.62. The van der Waals surface area contributed by atoms with Crippen LogP contribution in [-0.2, 0) is 14.3 Å². The Bertz CT molecular complexity index is 1020. The second-order valence-electron chi connectivity index (χ2n) is 13.1. The van der Waals surface area contributed by atoms with Gasteiger partial charge in [0.15, 0.2) is 0 Å². The van der Waals surface area contributed by atoms with Gasteiger partial charge in [0.2, 0.25) is 5.91 Å². The number of carbonyl (C=O) groups is 3. The molecule has 0 aromatic heterocycles. The van der Waals surface area contributed by atoms with Gasteiger partial charge in [-0.2, -0.15) is 11.8 Å². The van der Waals surface area contributed by atoms with Crippen molar-refractivity contribution in [2.75, 3.05) is 18.1 Å². The molecule has 0 aliphatic heterocycles. The van der Waals surface area contributed by atoms with Crippen molar-refractivity contribution in [1.29, 1.82) is 0 Å². The Morgan fingerprint density at radius 1 is 1.16 bits per heavy atom. The number of unbranched alkanes of at least 4 members (excludes halogenated alkanes) is 1. The number of alkyl carbamates (subject to hydrolysis) is 1. The van der Waals surface area contributed by atoms with Crippen molar-refractivity contribution in [1.82, 2.24) is 10.2 Å². The second kappa shape index (κ2) is 19.5. The highest BCUT2D eigenvalue weighted by Crippen LogP contribution is 2.27. The van der Waals surface area contributed by atoms with Gasteiger partial charge in [-0.1, -0.05) is 82.7 Å². The second-order valence-corrected chi connectivity index (χ2v) is 14.3. The van der Waals surface area contributed by atoms with Crippen molar-refractivity contribution < 1.29 is 24.2 Å². The van der Waals surface area contributed by atoms with E-state index >= 15 is 0 Å². The molecule has 0 aromatic rings. The molecule has 0 saturated heterocycles. The number of hydrogen-bond donors (Lipinski definition) is 2. The van der Waals surface area contributed by atoms with Gasteiger partial charge in [0.05, 0.1) is 0 Å². The Morgan fingerprint density at radius 2 is 1.86 bits per heavy atom. The van der Waals surface area contributed by atoms with E-state index in [1.807, 2.05) is 39.0 Å². The van der Waals surface area contributed by atoms with E-state index in [0.29, 0.717) is 18.6 Å². The summed E-state index contributed by atoms with van der Waals surface area (Å²) in [6.45, 7) is 17.0. The molecule has 1 aliphatic rings. The van der Waals surface area contributed by atoms with Crippen molar-refractivity contribution in [2.45, 2.75) is 111 Å². The van der Waals surface area contributed by atoms with Crippen LogP contribution in [0, 0.1) is 11.3 Å². The SMILES string of the molecule is C=CC/C=C\C=C/CC1=CCC(CCN(C(=O)[C@@H](NC(=O)OC(C)(C)C)C(C)(C)C)[C@@H](CCSCCCC)C(=O)O)C=C1. The summed E-state index contributed by atoms with van der Waals surface area (Å²) in [5, 5.41) is 13.0. The number of nitrogens with one attached hydrogen (secondary N) is 1. The molecule has 43 heavy (non-hydrogen) atoms. The fourth-order valence-electron chi connectivity index (χ4n) is 4.53. The van der Waals surface area contributed by atoms with E-state index < -0.39 is 41.1 Å². The Hall–Kier alpha value is -2.74. The summed E-state index contributed by atoms with van der Waals surface area (Å²) in [7, 11) is 0. The van der Waals surface area contributed by atoms with Crippen LogP contribution in [0.2, 0.25) is 0 Å². The summed E-state index contributed by atoms with van der Waals surface area (Å²) in [5.74, 6) is 0.380. The van der Waals surface area contributed by atoms with Crippen LogP contribution in [-0.4, -0.2) is 63.7 Å². The standard InChI is InChI=1S/C35H56N2O5S/c1-9-11-13-14-15-16-17-27-18-20-28(21-19-27)22-24-37(29(32(39)40)23-26-43-25-12-10-2)31(38)30(34(3,4)5)36-33(41)42-35(6,7)8/h9,13-16,18-20,28-30H,1,10-12,17,21-26H2,2-8H3,(H,36,41)(H,39,40)/b14-13-,16-15-/t28?,29-,30+/m0/s1. The van der Waals surface area contributed by atoms with Gasteiger partial charge in [-0.3, -0.25) is 4.79 Å². The Balaban J connectivity index is 3.09. The first-order valence-electron chi connectivity index (χ1n) is 15.6. The van der Waals surface area contributed by atoms with Gasteiger partial charge in [0.1, 0.15) is 17.7 Å². The molecule has 1 unspecified atom stereocenters. The third-order valence-electron chi connectivity index (χ3n) is 6.94. The Morgan fingerprint density at radius 3 is 2.42 bits per heavy atom. The van der Waals surface area contributed by atoms with Gasteiger partial charge in [0.25, 0.3) is 0 Å². The number of nitrogens with zero attached hydrogens (tertiary/aromatic N) is 1. The average Bonchev–Trinajstić information content (AvgIpc) is 2.91. The highest BCUT2D eigenvalue weighted by molar-refractivity contribution is 7.99. The van der Waals surface area contributed by atoms with Crippen molar-refractivity contribution >= 4 is 29.7 Å². The van der Waals surface area contributed by atoms with Crippen LogP contribution in [0.1, 0.15) is 93.4 Å². The summed E-state index contributed by atoms with van der Waals surface area (Å²) in [5.41, 5.74) is -0.159. The molecule has 242 valence electrons. The average molecular weight is 617 g/mol. The van der Waals surface area contributed by atoms with E-state index in [1.54, 1.807) is 32.5 Å². The monoisotopic (exact) mass is 616 g/mol.